The second-order valence-electron chi connectivity index (χ2n) is 4.57. The number of methoxy groups -OCH3 is 1. The third kappa shape index (κ3) is 3.97. The van der Waals surface area contributed by atoms with E-state index in [9.17, 15) is 8.42 Å². The van der Waals surface area contributed by atoms with Crippen LogP contribution in [0.4, 0.5) is 0 Å². The maximum absolute atomic E-state index is 12.3. The van der Waals surface area contributed by atoms with Crippen molar-refractivity contribution in [1.82, 2.24) is 4.72 Å². The summed E-state index contributed by atoms with van der Waals surface area (Å²) in [6.07, 6.45) is 0. The molecule has 2 aromatic rings. The van der Waals surface area contributed by atoms with Gasteiger partial charge in [-0.15, -0.1) is 0 Å². The van der Waals surface area contributed by atoms with Gasteiger partial charge in [-0.05, 0) is 48.9 Å². The molecule has 1 N–H and O–H groups in total. The largest absolute Gasteiger partial charge is 0.497 e. The Morgan fingerprint density at radius 1 is 1.05 bits per heavy atom. The predicted octanol–water partition coefficient (Wildman–Crippen LogP) is 3.39. The van der Waals surface area contributed by atoms with E-state index in [1.165, 1.54) is 19.2 Å². The molecule has 0 saturated heterocycles. The van der Waals surface area contributed by atoms with Gasteiger partial charge < -0.3 is 4.74 Å². The molecule has 0 bridgehead atoms. The second-order valence-corrected chi connectivity index (χ2v) is 6.72. The van der Waals surface area contributed by atoms with E-state index < -0.39 is 10.0 Å². The molecule has 2 rings (SSSR count). The molecule has 112 valence electrons. The van der Waals surface area contributed by atoms with Gasteiger partial charge in [-0.1, -0.05) is 23.7 Å². The molecule has 0 aromatic heterocycles. The third-order valence-electron chi connectivity index (χ3n) is 3.07. The van der Waals surface area contributed by atoms with Crippen LogP contribution in [0.1, 0.15) is 18.5 Å². The van der Waals surface area contributed by atoms with Gasteiger partial charge in [0.1, 0.15) is 5.75 Å². The zero-order valence-corrected chi connectivity index (χ0v) is 13.3. The van der Waals surface area contributed by atoms with Gasteiger partial charge in [0.15, 0.2) is 0 Å². The fourth-order valence-corrected chi connectivity index (χ4v) is 3.23. The summed E-state index contributed by atoms with van der Waals surface area (Å²) in [7, 11) is -2.05. The minimum atomic E-state index is -3.58. The number of halogens is 1. The highest BCUT2D eigenvalue weighted by Crippen LogP contribution is 2.20. The summed E-state index contributed by atoms with van der Waals surface area (Å²) < 4.78 is 32.3. The quantitative estimate of drug-likeness (QED) is 0.916. The Hall–Kier alpha value is -1.56. The Bertz CT molecular complexity index is 697. The molecule has 0 aliphatic carbocycles. The molecule has 0 aliphatic heterocycles. The monoisotopic (exact) mass is 325 g/mol. The lowest BCUT2D eigenvalue weighted by Gasteiger charge is -2.15. The molecule has 0 spiro atoms. The zero-order chi connectivity index (χ0) is 15.5. The summed E-state index contributed by atoms with van der Waals surface area (Å²) in [5, 5.41) is 0.615. The first-order chi connectivity index (χ1) is 9.92. The molecule has 0 fully saturated rings. The van der Waals surface area contributed by atoms with Crippen molar-refractivity contribution in [3.63, 3.8) is 0 Å². The van der Waals surface area contributed by atoms with Gasteiger partial charge in [-0.25, -0.2) is 13.1 Å². The fourth-order valence-electron chi connectivity index (χ4n) is 1.88. The summed E-state index contributed by atoms with van der Waals surface area (Å²) in [6.45, 7) is 1.78. The molecule has 2 aromatic carbocycles. The molecule has 0 amide bonds. The van der Waals surface area contributed by atoms with Crippen molar-refractivity contribution in [1.29, 1.82) is 0 Å². The lowest BCUT2D eigenvalue weighted by Crippen LogP contribution is -2.26. The van der Waals surface area contributed by atoms with Crippen LogP contribution in [0.3, 0.4) is 0 Å². The lowest BCUT2D eigenvalue weighted by atomic mass is 10.1. The number of ether oxygens (including phenoxy) is 1. The van der Waals surface area contributed by atoms with Crippen molar-refractivity contribution in [2.75, 3.05) is 7.11 Å². The van der Waals surface area contributed by atoms with E-state index in [2.05, 4.69) is 4.72 Å². The van der Waals surface area contributed by atoms with Gasteiger partial charge in [0.25, 0.3) is 0 Å². The minimum absolute atomic E-state index is 0.198. The number of rotatable bonds is 5. The SMILES string of the molecule is COc1ccc(S(=O)(=O)N[C@H](C)c2ccc(Cl)cc2)cc1. The van der Waals surface area contributed by atoms with Gasteiger partial charge in [-0.2, -0.15) is 0 Å². The van der Waals surface area contributed by atoms with E-state index >= 15 is 0 Å². The van der Waals surface area contributed by atoms with E-state index in [-0.39, 0.29) is 10.9 Å². The van der Waals surface area contributed by atoms with Gasteiger partial charge >= 0.3 is 0 Å². The average molecular weight is 326 g/mol. The smallest absolute Gasteiger partial charge is 0.241 e. The number of hydrogen-bond acceptors (Lipinski definition) is 3. The van der Waals surface area contributed by atoms with E-state index in [4.69, 9.17) is 16.3 Å². The summed E-state index contributed by atoms with van der Waals surface area (Å²) >= 11 is 5.82. The molecule has 6 heteroatoms. The highest BCUT2D eigenvalue weighted by atomic mass is 35.5. The van der Waals surface area contributed by atoms with Crippen molar-refractivity contribution >= 4 is 21.6 Å². The van der Waals surface area contributed by atoms with Crippen LogP contribution in [0, 0.1) is 0 Å². The van der Waals surface area contributed by atoms with E-state index in [0.717, 1.165) is 5.56 Å². The normalized spacial score (nSPS) is 12.9. The number of sulfonamides is 1. The Morgan fingerprint density at radius 2 is 1.62 bits per heavy atom. The van der Waals surface area contributed by atoms with Crippen molar-refractivity contribution in [3.8, 4) is 5.75 Å². The molecular formula is C15H16ClNO3S. The number of nitrogens with one attached hydrogen (secondary N) is 1. The number of benzene rings is 2. The highest BCUT2D eigenvalue weighted by molar-refractivity contribution is 7.89. The molecule has 0 radical (unpaired) electrons. The maximum atomic E-state index is 12.3. The Kier molecular flexibility index (Phi) is 4.88. The van der Waals surface area contributed by atoms with Gasteiger partial charge in [0.2, 0.25) is 10.0 Å². The molecule has 1 atom stereocenters. The standard InChI is InChI=1S/C15H16ClNO3S/c1-11(12-3-5-13(16)6-4-12)17-21(18,19)15-9-7-14(20-2)8-10-15/h3-11,17H,1-2H3/t11-/m1/s1. The highest BCUT2D eigenvalue weighted by Gasteiger charge is 2.18. The molecular weight excluding hydrogens is 310 g/mol. The third-order valence-corrected chi connectivity index (χ3v) is 4.88. The zero-order valence-electron chi connectivity index (χ0n) is 11.7. The first-order valence-electron chi connectivity index (χ1n) is 6.34. The molecule has 0 heterocycles. The fraction of sp³-hybridized carbons (Fsp3) is 0.200. The lowest BCUT2D eigenvalue weighted by molar-refractivity contribution is 0.414. The van der Waals surface area contributed by atoms with Crippen LogP contribution in [-0.2, 0) is 10.0 Å². The molecule has 0 saturated carbocycles. The average Bonchev–Trinajstić information content (AvgIpc) is 2.47. The summed E-state index contributed by atoms with van der Waals surface area (Å²) in [4.78, 5) is 0.198. The van der Waals surface area contributed by atoms with Crippen LogP contribution in [0.2, 0.25) is 5.02 Å². The van der Waals surface area contributed by atoms with Crippen molar-refractivity contribution in [2.45, 2.75) is 17.9 Å². The van der Waals surface area contributed by atoms with E-state index in [1.54, 1.807) is 43.3 Å². The molecule has 0 aliphatic rings. The molecule has 21 heavy (non-hydrogen) atoms. The minimum Gasteiger partial charge on any atom is -0.497 e. The van der Waals surface area contributed by atoms with Crippen LogP contribution < -0.4 is 9.46 Å². The van der Waals surface area contributed by atoms with Gasteiger partial charge in [0.05, 0.1) is 12.0 Å². The van der Waals surface area contributed by atoms with Crippen LogP contribution in [0.5, 0.6) is 5.75 Å². The van der Waals surface area contributed by atoms with Crippen LogP contribution >= 0.6 is 11.6 Å². The van der Waals surface area contributed by atoms with Crippen molar-refractivity contribution in [3.05, 3.63) is 59.1 Å². The van der Waals surface area contributed by atoms with E-state index in [0.29, 0.717) is 10.8 Å². The van der Waals surface area contributed by atoms with Crippen LogP contribution in [0.25, 0.3) is 0 Å². The first-order valence-corrected chi connectivity index (χ1v) is 8.20. The summed E-state index contributed by atoms with van der Waals surface area (Å²) in [5.74, 6) is 0.611. The first kappa shape index (κ1) is 15.8. The summed E-state index contributed by atoms with van der Waals surface area (Å²) in [6, 6.07) is 12.9. The molecule has 4 nitrogen and oxygen atoms in total. The van der Waals surface area contributed by atoms with Crippen molar-refractivity contribution < 1.29 is 13.2 Å². The predicted molar refractivity (Wildman–Crippen MR) is 83.2 cm³/mol. The number of hydrogen-bond donors (Lipinski definition) is 1. The maximum Gasteiger partial charge on any atom is 0.241 e. The topological polar surface area (TPSA) is 55.4 Å². The summed E-state index contributed by atoms with van der Waals surface area (Å²) in [5.41, 5.74) is 0.844. The van der Waals surface area contributed by atoms with Crippen LogP contribution in [0.15, 0.2) is 53.4 Å². The Morgan fingerprint density at radius 3 is 2.14 bits per heavy atom. The molecule has 0 unspecified atom stereocenters. The Labute approximate surface area is 129 Å². The van der Waals surface area contributed by atoms with Gasteiger partial charge in [-0.3, -0.25) is 0 Å². The second kappa shape index (κ2) is 6.47. The van der Waals surface area contributed by atoms with Crippen LogP contribution in [-0.4, -0.2) is 15.5 Å². The Balaban J connectivity index is 2.17. The van der Waals surface area contributed by atoms with Crippen molar-refractivity contribution in [2.24, 2.45) is 0 Å². The van der Waals surface area contributed by atoms with E-state index in [1.807, 2.05) is 0 Å². The van der Waals surface area contributed by atoms with Gasteiger partial charge in [0, 0.05) is 11.1 Å².